The molecular formula is C28H34N6. The Balaban J connectivity index is 1.37. The maximum Gasteiger partial charge on any atom is 0.107 e. The summed E-state index contributed by atoms with van der Waals surface area (Å²) in [6.07, 6.45) is 6.14. The molecule has 2 heterocycles. The number of aromatic nitrogens is 2. The van der Waals surface area contributed by atoms with E-state index in [0.29, 0.717) is 0 Å². The quantitative estimate of drug-likeness (QED) is 0.257. The van der Waals surface area contributed by atoms with Gasteiger partial charge in [0.2, 0.25) is 0 Å². The first kappa shape index (κ1) is 22.6. The molecule has 0 fully saturated rings. The van der Waals surface area contributed by atoms with Crippen LogP contribution in [0.3, 0.4) is 0 Å². The van der Waals surface area contributed by atoms with Gasteiger partial charge in [-0.3, -0.25) is 4.99 Å². The van der Waals surface area contributed by atoms with Gasteiger partial charge in [0.15, 0.2) is 0 Å². The topological polar surface area (TPSA) is 105 Å². The normalized spacial score (nSPS) is 15.7. The number of H-pyrrole nitrogens is 1. The number of aromatic amines is 1. The summed E-state index contributed by atoms with van der Waals surface area (Å²) < 4.78 is 0. The number of hydrogen-bond donors (Lipinski definition) is 4. The molecule has 1 unspecified atom stereocenters. The summed E-state index contributed by atoms with van der Waals surface area (Å²) >= 11 is 0. The molecule has 6 nitrogen and oxygen atoms in total. The highest BCUT2D eigenvalue weighted by atomic mass is 15.1. The van der Waals surface area contributed by atoms with Crippen LogP contribution in [-0.2, 0) is 6.42 Å². The number of amidine groups is 1. The van der Waals surface area contributed by atoms with Gasteiger partial charge >= 0.3 is 0 Å². The summed E-state index contributed by atoms with van der Waals surface area (Å²) in [7, 11) is 0. The lowest BCUT2D eigenvalue weighted by atomic mass is 9.98. The van der Waals surface area contributed by atoms with E-state index >= 15 is 0 Å². The second-order valence-corrected chi connectivity index (χ2v) is 9.20. The highest BCUT2D eigenvalue weighted by Gasteiger charge is 2.18. The fraction of sp³-hybridized carbons (Fsp3) is 0.357. The predicted octanol–water partition coefficient (Wildman–Crippen LogP) is 4.84. The molecule has 0 saturated heterocycles. The second-order valence-electron chi connectivity index (χ2n) is 9.20. The van der Waals surface area contributed by atoms with Crippen molar-refractivity contribution in [3.05, 3.63) is 66.0 Å². The maximum absolute atomic E-state index is 5.62. The molecule has 176 valence electrons. The van der Waals surface area contributed by atoms with Crippen molar-refractivity contribution >= 4 is 27.6 Å². The van der Waals surface area contributed by atoms with Crippen molar-refractivity contribution in [3.8, 4) is 11.1 Å². The SMILES string of the molecule is NCCCCC1=NC(c2ccc3ccc(-c4ccc5nc(CCCCN)[nH]c5c4)cc3c2)CN1. The Morgan fingerprint density at radius 1 is 0.794 bits per heavy atom. The Labute approximate surface area is 200 Å². The predicted molar refractivity (Wildman–Crippen MR) is 142 cm³/mol. The number of benzene rings is 3. The van der Waals surface area contributed by atoms with E-state index in [-0.39, 0.29) is 6.04 Å². The van der Waals surface area contributed by atoms with E-state index in [0.717, 1.165) is 80.9 Å². The molecule has 5 rings (SSSR count). The van der Waals surface area contributed by atoms with Crippen LogP contribution in [0.4, 0.5) is 0 Å². The van der Waals surface area contributed by atoms with Crippen LogP contribution in [0, 0.1) is 0 Å². The monoisotopic (exact) mass is 454 g/mol. The van der Waals surface area contributed by atoms with Crippen molar-refractivity contribution in [3.63, 3.8) is 0 Å². The Morgan fingerprint density at radius 2 is 1.56 bits per heavy atom. The minimum Gasteiger partial charge on any atom is -0.371 e. The Kier molecular flexibility index (Phi) is 6.88. The molecule has 4 aromatic rings. The molecule has 0 saturated carbocycles. The van der Waals surface area contributed by atoms with E-state index in [4.69, 9.17) is 21.4 Å². The highest BCUT2D eigenvalue weighted by molar-refractivity contribution is 5.90. The van der Waals surface area contributed by atoms with Gasteiger partial charge in [0.05, 0.1) is 22.9 Å². The van der Waals surface area contributed by atoms with E-state index in [1.165, 1.54) is 27.5 Å². The average Bonchev–Trinajstić information content (AvgIpc) is 3.50. The minimum atomic E-state index is 0.181. The van der Waals surface area contributed by atoms with Crippen molar-refractivity contribution in [2.75, 3.05) is 19.6 Å². The highest BCUT2D eigenvalue weighted by Crippen LogP contribution is 2.30. The van der Waals surface area contributed by atoms with Crippen molar-refractivity contribution in [2.24, 2.45) is 16.5 Å². The largest absolute Gasteiger partial charge is 0.371 e. The summed E-state index contributed by atoms with van der Waals surface area (Å²) in [4.78, 5) is 13.2. The van der Waals surface area contributed by atoms with Crippen LogP contribution in [0.1, 0.15) is 49.5 Å². The van der Waals surface area contributed by atoms with Gasteiger partial charge in [-0.1, -0.05) is 30.3 Å². The number of fused-ring (bicyclic) bond motifs is 2. The van der Waals surface area contributed by atoms with Crippen LogP contribution in [-0.4, -0.2) is 35.4 Å². The first-order valence-electron chi connectivity index (χ1n) is 12.5. The Hall–Kier alpha value is -3.22. The molecule has 0 radical (unpaired) electrons. The third kappa shape index (κ3) is 4.98. The van der Waals surface area contributed by atoms with Gasteiger partial charge in [-0.2, -0.15) is 0 Å². The molecule has 0 spiro atoms. The third-order valence-corrected chi connectivity index (χ3v) is 6.66. The number of nitrogens with one attached hydrogen (secondary N) is 2. The van der Waals surface area contributed by atoms with E-state index in [9.17, 15) is 0 Å². The number of unbranched alkanes of at least 4 members (excludes halogenated alkanes) is 2. The summed E-state index contributed by atoms with van der Waals surface area (Å²) in [5.41, 5.74) is 17.0. The lowest BCUT2D eigenvalue weighted by molar-refractivity contribution is 0.724. The smallest absolute Gasteiger partial charge is 0.107 e. The number of rotatable bonds is 10. The molecule has 0 bridgehead atoms. The maximum atomic E-state index is 5.62. The Bertz CT molecular complexity index is 1300. The van der Waals surface area contributed by atoms with Gasteiger partial charge in [-0.25, -0.2) is 4.98 Å². The van der Waals surface area contributed by atoms with Gasteiger partial charge in [0.25, 0.3) is 0 Å². The lowest BCUT2D eigenvalue weighted by Crippen LogP contribution is -2.19. The average molecular weight is 455 g/mol. The van der Waals surface area contributed by atoms with E-state index < -0.39 is 0 Å². The van der Waals surface area contributed by atoms with Crippen molar-refractivity contribution < 1.29 is 0 Å². The standard InChI is InChI=1S/C28H34N6/c29-13-3-1-5-27-31-18-26(34-27)22-10-8-19-7-9-20(15-23(19)16-22)21-11-12-24-25(17-21)33-28(32-24)6-2-4-14-30/h7-12,15-17,26H,1-6,13-14,18,29-30H2,(H,31,34)(H,32,33). The van der Waals surface area contributed by atoms with Gasteiger partial charge < -0.3 is 21.8 Å². The zero-order valence-corrected chi connectivity index (χ0v) is 19.7. The molecule has 6 N–H and O–H groups in total. The lowest BCUT2D eigenvalue weighted by Gasteiger charge is -2.09. The summed E-state index contributed by atoms with van der Waals surface area (Å²) in [6.45, 7) is 2.34. The van der Waals surface area contributed by atoms with Crippen LogP contribution >= 0.6 is 0 Å². The van der Waals surface area contributed by atoms with Gasteiger partial charge in [-0.15, -0.1) is 0 Å². The van der Waals surface area contributed by atoms with Crippen LogP contribution in [0.25, 0.3) is 32.9 Å². The second kappa shape index (κ2) is 10.4. The summed E-state index contributed by atoms with van der Waals surface area (Å²) in [5.74, 6) is 2.15. The fourth-order valence-electron chi connectivity index (χ4n) is 4.73. The zero-order chi connectivity index (χ0) is 23.3. The molecular weight excluding hydrogens is 420 g/mol. The number of hydrogen-bond acceptors (Lipinski definition) is 5. The van der Waals surface area contributed by atoms with Crippen LogP contribution < -0.4 is 16.8 Å². The molecule has 1 aromatic heterocycles. The molecule has 1 aliphatic heterocycles. The molecule has 34 heavy (non-hydrogen) atoms. The van der Waals surface area contributed by atoms with Crippen molar-refractivity contribution in [2.45, 2.75) is 44.6 Å². The molecule has 1 atom stereocenters. The van der Waals surface area contributed by atoms with Gasteiger partial charge in [0, 0.05) is 19.4 Å². The Morgan fingerprint density at radius 3 is 2.41 bits per heavy atom. The van der Waals surface area contributed by atoms with Crippen LogP contribution in [0.2, 0.25) is 0 Å². The molecule has 1 aliphatic rings. The van der Waals surface area contributed by atoms with E-state index in [1.54, 1.807) is 0 Å². The van der Waals surface area contributed by atoms with Crippen molar-refractivity contribution in [1.82, 2.24) is 15.3 Å². The van der Waals surface area contributed by atoms with Crippen LogP contribution in [0.5, 0.6) is 0 Å². The number of nitrogens with zero attached hydrogens (tertiary/aromatic N) is 2. The minimum absolute atomic E-state index is 0.181. The zero-order valence-electron chi connectivity index (χ0n) is 19.7. The fourth-order valence-corrected chi connectivity index (χ4v) is 4.73. The molecule has 6 heteroatoms. The van der Waals surface area contributed by atoms with E-state index in [2.05, 4.69) is 64.9 Å². The first-order chi connectivity index (χ1) is 16.7. The number of imidazole rings is 1. The summed E-state index contributed by atoms with van der Waals surface area (Å²) in [6, 6.07) is 20.1. The van der Waals surface area contributed by atoms with Crippen molar-refractivity contribution in [1.29, 1.82) is 0 Å². The molecule has 0 aliphatic carbocycles. The van der Waals surface area contributed by atoms with Gasteiger partial charge in [0.1, 0.15) is 5.82 Å². The first-order valence-corrected chi connectivity index (χ1v) is 12.5. The van der Waals surface area contributed by atoms with E-state index in [1.807, 2.05) is 0 Å². The number of aryl methyl sites for hydroxylation is 1. The number of nitrogens with two attached hydrogens (primary N) is 2. The third-order valence-electron chi connectivity index (χ3n) is 6.66. The molecule has 3 aromatic carbocycles. The van der Waals surface area contributed by atoms with Gasteiger partial charge in [-0.05, 0) is 90.5 Å². The van der Waals surface area contributed by atoms with Crippen LogP contribution in [0.15, 0.2) is 59.6 Å². The summed E-state index contributed by atoms with van der Waals surface area (Å²) in [5, 5.41) is 5.97. The number of aliphatic imine (C=N–C) groups is 1. The molecule has 0 amide bonds.